The van der Waals surface area contributed by atoms with Gasteiger partial charge in [0, 0.05) is 12.4 Å². The van der Waals surface area contributed by atoms with Crippen LogP contribution in [0.25, 0.3) is 6.20 Å². The van der Waals surface area contributed by atoms with Crippen LogP contribution in [0.4, 0.5) is 5.95 Å². The van der Waals surface area contributed by atoms with E-state index in [0.29, 0.717) is 5.95 Å². The van der Waals surface area contributed by atoms with Gasteiger partial charge in [0.05, 0.1) is 5.69 Å². The van der Waals surface area contributed by atoms with Gasteiger partial charge in [-0.05, 0) is 13.1 Å². The Morgan fingerprint density at radius 1 is 1.82 bits per heavy atom. The molecule has 0 saturated heterocycles. The molecule has 0 spiro atoms. The van der Waals surface area contributed by atoms with E-state index in [-0.39, 0.29) is 0 Å². The lowest BCUT2D eigenvalue weighted by Gasteiger charge is -1.90. The van der Waals surface area contributed by atoms with Crippen molar-refractivity contribution in [2.75, 3.05) is 0 Å². The topological polar surface area (TPSA) is 30.2 Å². The molecule has 0 radical (unpaired) electrons. The molecule has 3 heteroatoms. The van der Waals surface area contributed by atoms with Gasteiger partial charge in [0.15, 0.2) is 0 Å². The zero-order chi connectivity index (χ0) is 8.27. The van der Waals surface area contributed by atoms with Crippen LogP contribution in [-0.2, 0) is 6.42 Å². The third-order valence-corrected chi connectivity index (χ3v) is 1.46. The number of nitrogens with zero attached hydrogens (tertiary/aromatic N) is 3. The maximum absolute atomic E-state index is 4.18. The first-order valence-electron chi connectivity index (χ1n) is 3.48. The van der Waals surface area contributed by atoms with Gasteiger partial charge in [-0.25, -0.2) is 9.98 Å². The van der Waals surface area contributed by atoms with Gasteiger partial charge in [-0.15, -0.1) is 0 Å². The first-order chi connectivity index (χ1) is 5.31. The summed E-state index contributed by atoms with van der Waals surface area (Å²) in [5, 5.41) is 0. The predicted molar refractivity (Wildman–Crippen MR) is 47.2 cm³/mol. The molecule has 1 heterocycles. The van der Waals surface area contributed by atoms with Crippen molar-refractivity contribution in [2.24, 2.45) is 4.99 Å². The van der Waals surface area contributed by atoms with E-state index in [4.69, 9.17) is 0 Å². The lowest BCUT2D eigenvalue weighted by Crippen LogP contribution is -1.79. The van der Waals surface area contributed by atoms with Gasteiger partial charge in [-0.3, -0.25) is 4.57 Å². The lowest BCUT2D eigenvalue weighted by molar-refractivity contribution is 1.06. The van der Waals surface area contributed by atoms with Crippen molar-refractivity contribution in [1.29, 1.82) is 0 Å². The van der Waals surface area contributed by atoms with Gasteiger partial charge in [-0.1, -0.05) is 13.5 Å². The van der Waals surface area contributed by atoms with Gasteiger partial charge in [0.1, 0.15) is 0 Å². The van der Waals surface area contributed by atoms with E-state index in [1.807, 2.05) is 13.1 Å². The van der Waals surface area contributed by atoms with Crippen molar-refractivity contribution in [2.45, 2.75) is 13.3 Å². The Labute approximate surface area is 66.1 Å². The summed E-state index contributed by atoms with van der Waals surface area (Å²) in [6.07, 6.45) is 4.47. The lowest BCUT2D eigenvalue weighted by atomic mass is 10.4. The number of imidazole rings is 1. The summed E-state index contributed by atoms with van der Waals surface area (Å²) in [5.74, 6) is 0.608. The normalized spacial score (nSPS) is 9.55. The fourth-order valence-electron chi connectivity index (χ4n) is 0.855. The van der Waals surface area contributed by atoms with Crippen LogP contribution in [0.5, 0.6) is 0 Å². The van der Waals surface area contributed by atoms with Crippen LogP contribution in [-0.4, -0.2) is 16.3 Å². The second-order valence-electron chi connectivity index (χ2n) is 2.13. The van der Waals surface area contributed by atoms with E-state index in [1.165, 1.54) is 0 Å². The van der Waals surface area contributed by atoms with Crippen LogP contribution < -0.4 is 0 Å². The summed E-state index contributed by atoms with van der Waals surface area (Å²) in [5.41, 5.74) is 1.01. The minimum absolute atomic E-state index is 0.608. The van der Waals surface area contributed by atoms with Gasteiger partial charge in [-0.2, -0.15) is 0 Å². The Morgan fingerprint density at radius 2 is 2.55 bits per heavy atom. The Hall–Kier alpha value is -1.38. The van der Waals surface area contributed by atoms with Crippen molar-refractivity contribution in [1.82, 2.24) is 9.55 Å². The third kappa shape index (κ3) is 1.37. The molecule has 0 bridgehead atoms. The molecular formula is C8H11N3. The molecule has 0 N–H and O–H groups in total. The highest BCUT2D eigenvalue weighted by molar-refractivity contribution is 5.41. The fraction of sp³-hybridized carbons (Fsp3) is 0.250. The Kier molecular flexibility index (Phi) is 2.21. The molecule has 0 aromatic carbocycles. The van der Waals surface area contributed by atoms with Crippen molar-refractivity contribution >= 4 is 18.9 Å². The molecule has 1 aromatic rings. The minimum Gasteiger partial charge on any atom is -0.292 e. The van der Waals surface area contributed by atoms with Crippen LogP contribution in [0.3, 0.4) is 0 Å². The molecule has 11 heavy (non-hydrogen) atoms. The van der Waals surface area contributed by atoms with Gasteiger partial charge < -0.3 is 0 Å². The first kappa shape index (κ1) is 7.72. The number of hydrogen-bond acceptors (Lipinski definition) is 2. The van der Waals surface area contributed by atoms with E-state index in [9.17, 15) is 0 Å². The molecule has 0 aliphatic heterocycles. The smallest absolute Gasteiger partial charge is 0.233 e. The van der Waals surface area contributed by atoms with E-state index in [2.05, 4.69) is 23.3 Å². The molecule has 1 rings (SSSR count). The summed E-state index contributed by atoms with van der Waals surface area (Å²) < 4.78 is 1.76. The van der Waals surface area contributed by atoms with Gasteiger partial charge >= 0.3 is 0 Å². The van der Waals surface area contributed by atoms with Gasteiger partial charge in [0.2, 0.25) is 5.95 Å². The quantitative estimate of drug-likeness (QED) is 0.603. The number of rotatable bonds is 3. The molecule has 0 amide bonds. The number of aliphatic imine (C=N–C) groups is 1. The Morgan fingerprint density at radius 3 is 2.91 bits per heavy atom. The van der Waals surface area contributed by atoms with Crippen LogP contribution in [0.15, 0.2) is 17.8 Å². The molecule has 1 aromatic heterocycles. The monoisotopic (exact) mass is 149 g/mol. The molecule has 0 aliphatic carbocycles. The summed E-state index contributed by atoms with van der Waals surface area (Å²) in [6, 6.07) is 0. The number of hydrogen-bond donors (Lipinski definition) is 0. The molecular weight excluding hydrogens is 138 g/mol. The van der Waals surface area contributed by atoms with E-state index < -0.39 is 0 Å². The van der Waals surface area contributed by atoms with E-state index in [1.54, 1.807) is 10.8 Å². The van der Waals surface area contributed by atoms with Crippen LogP contribution in [0.1, 0.15) is 12.6 Å². The summed E-state index contributed by atoms with van der Waals surface area (Å²) in [6.45, 7) is 9.07. The third-order valence-electron chi connectivity index (χ3n) is 1.46. The Bertz CT molecular complexity index is 247. The molecule has 58 valence electrons. The average Bonchev–Trinajstić information content (AvgIpc) is 2.46. The second kappa shape index (κ2) is 3.14. The largest absolute Gasteiger partial charge is 0.292 e. The molecule has 0 atom stereocenters. The highest BCUT2D eigenvalue weighted by Gasteiger charge is 2.00. The van der Waals surface area contributed by atoms with Gasteiger partial charge in [0.25, 0.3) is 0 Å². The average molecular weight is 149 g/mol. The highest BCUT2D eigenvalue weighted by atomic mass is 15.2. The zero-order valence-electron chi connectivity index (χ0n) is 6.62. The highest BCUT2D eigenvalue weighted by Crippen LogP contribution is 2.11. The van der Waals surface area contributed by atoms with Crippen LogP contribution >= 0.6 is 0 Å². The van der Waals surface area contributed by atoms with Crippen molar-refractivity contribution in [3.05, 3.63) is 18.5 Å². The summed E-state index contributed by atoms with van der Waals surface area (Å²) in [7, 11) is 0. The Balaban J connectivity index is 3.11. The molecule has 3 nitrogen and oxygen atoms in total. The molecule has 0 aliphatic rings. The first-order valence-corrected chi connectivity index (χ1v) is 3.48. The minimum atomic E-state index is 0.608. The van der Waals surface area contributed by atoms with E-state index >= 15 is 0 Å². The van der Waals surface area contributed by atoms with Crippen LogP contribution in [0, 0.1) is 0 Å². The van der Waals surface area contributed by atoms with Crippen molar-refractivity contribution in [3.63, 3.8) is 0 Å². The van der Waals surface area contributed by atoms with Crippen molar-refractivity contribution in [3.8, 4) is 0 Å². The van der Waals surface area contributed by atoms with E-state index in [0.717, 1.165) is 12.1 Å². The summed E-state index contributed by atoms with van der Waals surface area (Å²) >= 11 is 0. The molecule has 0 fully saturated rings. The fourth-order valence-corrected chi connectivity index (χ4v) is 0.855. The molecule has 0 saturated carbocycles. The number of aryl methyl sites for hydroxylation is 1. The SMILES string of the molecule is C=Cn1cc(CC)nc1N=C. The molecule has 0 unspecified atom stereocenters. The summed E-state index contributed by atoms with van der Waals surface area (Å²) in [4.78, 5) is 7.92. The number of aromatic nitrogens is 2. The second-order valence-corrected chi connectivity index (χ2v) is 2.13. The zero-order valence-corrected chi connectivity index (χ0v) is 6.62. The predicted octanol–water partition coefficient (Wildman–Crippen LogP) is 1.88. The van der Waals surface area contributed by atoms with Crippen molar-refractivity contribution < 1.29 is 0 Å². The maximum atomic E-state index is 4.18. The standard InChI is InChI=1S/C8H11N3/c1-4-7-6-11(5-2)8(9-3)10-7/h5-6H,2-4H2,1H3. The maximum Gasteiger partial charge on any atom is 0.233 e. The van der Waals surface area contributed by atoms with Crippen LogP contribution in [0.2, 0.25) is 0 Å².